The van der Waals surface area contributed by atoms with Gasteiger partial charge in [0, 0.05) is 12.6 Å². The minimum absolute atomic E-state index is 0.117. The van der Waals surface area contributed by atoms with Gasteiger partial charge in [0.2, 0.25) is 0 Å². The summed E-state index contributed by atoms with van der Waals surface area (Å²) in [5.74, 6) is -0.117. The Morgan fingerprint density at radius 3 is 2.94 bits per heavy atom. The summed E-state index contributed by atoms with van der Waals surface area (Å²) in [6.45, 7) is 3.80. The Balaban J connectivity index is 2.04. The first-order chi connectivity index (χ1) is 8.31. The summed E-state index contributed by atoms with van der Waals surface area (Å²) in [4.78, 5) is 0. The SMILES string of the molecule is CCNC(Cc1ccccc1F)C1CCCO1. The van der Waals surface area contributed by atoms with Gasteiger partial charge in [-0.15, -0.1) is 0 Å². The lowest BCUT2D eigenvalue weighted by atomic mass is 9.99. The van der Waals surface area contributed by atoms with Crippen LogP contribution in [0.25, 0.3) is 0 Å². The van der Waals surface area contributed by atoms with Gasteiger partial charge in [-0.2, -0.15) is 0 Å². The average molecular weight is 237 g/mol. The number of likely N-dealkylation sites (N-methyl/N-ethyl adjacent to an activating group) is 1. The molecular weight excluding hydrogens is 217 g/mol. The molecule has 1 aliphatic rings. The van der Waals surface area contributed by atoms with Gasteiger partial charge in [0.1, 0.15) is 5.82 Å². The van der Waals surface area contributed by atoms with E-state index in [4.69, 9.17) is 4.74 Å². The molecule has 0 aliphatic carbocycles. The quantitative estimate of drug-likeness (QED) is 0.849. The third-order valence-electron chi connectivity index (χ3n) is 3.28. The van der Waals surface area contributed by atoms with Crippen molar-refractivity contribution in [3.05, 3.63) is 35.6 Å². The number of nitrogens with one attached hydrogen (secondary N) is 1. The maximum atomic E-state index is 13.6. The van der Waals surface area contributed by atoms with Crippen LogP contribution in [0.5, 0.6) is 0 Å². The van der Waals surface area contributed by atoms with Crippen molar-refractivity contribution in [1.29, 1.82) is 0 Å². The first-order valence-electron chi connectivity index (χ1n) is 6.39. The predicted molar refractivity (Wildman–Crippen MR) is 66.5 cm³/mol. The highest BCUT2D eigenvalue weighted by Crippen LogP contribution is 2.19. The number of halogens is 1. The molecule has 2 unspecified atom stereocenters. The zero-order valence-corrected chi connectivity index (χ0v) is 10.3. The monoisotopic (exact) mass is 237 g/mol. The molecule has 2 rings (SSSR count). The summed E-state index contributed by atoms with van der Waals surface area (Å²) in [7, 11) is 0. The molecule has 1 aromatic carbocycles. The number of hydrogen-bond acceptors (Lipinski definition) is 2. The van der Waals surface area contributed by atoms with Crippen molar-refractivity contribution < 1.29 is 9.13 Å². The van der Waals surface area contributed by atoms with E-state index < -0.39 is 0 Å². The Hall–Kier alpha value is -0.930. The molecule has 1 N–H and O–H groups in total. The van der Waals surface area contributed by atoms with Crippen LogP contribution in [0.2, 0.25) is 0 Å². The van der Waals surface area contributed by atoms with Gasteiger partial charge in [0.05, 0.1) is 6.10 Å². The second-order valence-electron chi connectivity index (χ2n) is 4.51. The highest BCUT2D eigenvalue weighted by Gasteiger charge is 2.25. The highest BCUT2D eigenvalue weighted by atomic mass is 19.1. The number of rotatable bonds is 5. The lowest BCUT2D eigenvalue weighted by Crippen LogP contribution is -2.41. The minimum Gasteiger partial charge on any atom is -0.377 e. The fourth-order valence-corrected chi connectivity index (χ4v) is 2.42. The molecule has 1 saturated heterocycles. The summed E-state index contributed by atoms with van der Waals surface area (Å²) >= 11 is 0. The van der Waals surface area contributed by atoms with Crippen LogP contribution in [-0.2, 0) is 11.2 Å². The molecule has 1 fully saturated rings. The molecular formula is C14H20FNO. The summed E-state index contributed by atoms with van der Waals surface area (Å²) in [5.41, 5.74) is 0.772. The van der Waals surface area contributed by atoms with Crippen molar-refractivity contribution >= 4 is 0 Å². The van der Waals surface area contributed by atoms with Gasteiger partial charge in [-0.25, -0.2) is 4.39 Å². The normalized spacial score (nSPS) is 21.6. The summed E-state index contributed by atoms with van der Waals surface area (Å²) in [5, 5.41) is 3.41. The number of hydrogen-bond donors (Lipinski definition) is 1. The Kier molecular flexibility index (Phi) is 4.51. The highest BCUT2D eigenvalue weighted by molar-refractivity contribution is 5.18. The smallest absolute Gasteiger partial charge is 0.126 e. The molecule has 1 heterocycles. The van der Waals surface area contributed by atoms with Crippen molar-refractivity contribution in [2.75, 3.05) is 13.2 Å². The molecule has 0 spiro atoms. The molecule has 1 aromatic rings. The third kappa shape index (κ3) is 3.27. The van der Waals surface area contributed by atoms with E-state index in [-0.39, 0.29) is 18.0 Å². The Morgan fingerprint density at radius 1 is 1.47 bits per heavy atom. The molecule has 0 bridgehead atoms. The van der Waals surface area contributed by atoms with Gasteiger partial charge in [0.25, 0.3) is 0 Å². The zero-order valence-electron chi connectivity index (χ0n) is 10.3. The molecule has 2 atom stereocenters. The van der Waals surface area contributed by atoms with Gasteiger partial charge in [-0.1, -0.05) is 25.1 Å². The van der Waals surface area contributed by atoms with Gasteiger partial charge in [0.15, 0.2) is 0 Å². The molecule has 0 aromatic heterocycles. The number of benzene rings is 1. The summed E-state index contributed by atoms with van der Waals surface area (Å²) in [6.07, 6.45) is 3.12. The van der Waals surface area contributed by atoms with Gasteiger partial charge in [-0.3, -0.25) is 0 Å². The van der Waals surface area contributed by atoms with E-state index in [1.165, 1.54) is 6.07 Å². The van der Waals surface area contributed by atoms with Gasteiger partial charge >= 0.3 is 0 Å². The van der Waals surface area contributed by atoms with Crippen LogP contribution in [0.15, 0.2) is 24.3 Å². The molecule has 3 heteroatoms. The van der Waals surface area contributed by atoms with E-state index in [9.17, 15) is 4.39 Å². The fraction of sp³-hybridized carbons (Fsp3) is 0.571. The van der Waals surface area contributed by atoms with E-state index in [1.54, 1.807) is 6.07 Å². The average Bonchev–Trinajstić information content (AvgIpc) is 2.85. The van der Waals surface area contributed by atoms with E-state index in [0.29, 0.717) is 6.42 Å². The maximum Gasteiger partial charge on any atom is 0.126 e. The van der Waals surface area contributed by atoms with Crippen molar-refractivity contribution in [3.63, 3.8) is 0 Å². The Bertz CT molecular complexity index is 350. The third-order valence-corrected chi connectivity index (χ3v) is 3.28. The first-order valence-corrected chi connectivity index (χ1v) is 6.39. The van der Waals surface area contributed by atoms with E-state index in [1.807, 2.05) is 12.1 Å². The van der Waals surface area contributed by atoms with E-state index >= 15 is 0 Å². The van der Waals surface area contributed by atoms with Crippen LogP contribution in [0.1, 0.15) is 25.3 Å². The molecule has 94 valence electrons. The summed E-state index contributed by atoms with van der Waals surface area (Å²) < 4.78 is 19.3. The topological polar surface area (TPSA) is 21.3 Å². The zero-order chi connectivity index (χ0) is 12.1. The largest absolute Gasteiger partial charge is 0.377 e. The van der Waals surface area contributed by atoms with Crippen LogP contribution in [0.4, 0.5) is 4.39 Å². The molecule has 0 saturated carbocycles. The van der Waals surface area contributed by atoms with Crippen LogP contribution in [0.3, 0.4) is 0 Å². The lowest BCUT2D eigenvalue weighted by Gasteiger charge is -2.24. The van der Waals surface area contributed by atoms with E-state index in [0.717, 1.165) is 31.6 Å². The molecule has 2 nitrogen and oxygen atoms in total. The molecule has 17 heavy (non-hydrogen) atoms. The number of ether oxygens (including phenoxy) is 1. The van der Waals surface area contributed by atoms with Crippen molar-refractivity contribution in [3.8, 4) is 0 Å². The van der Waals surface area contributed by atoms with Crippen molar-refractivity contribution in [2.45, 2.75) is 38.3 Å². The van der Waals surface area contributed by atoms with Crippen LogP contribution < -0.4 is 5.32 Å². The van der Waals surface area contributed by atoms with Crippen LogP contribution in [0, 0.1) is 5.82 Å². The Labute approximate surface area is 102 Å². The lowest BCUT2D eigenvalue weighted by molar-refractivity contribution is 0.0786. The first kappa shape index (κ1) is 12.5. The Morgan fingerprint density at radius 2 is 2.29 bits per heavy atom. The second kappa shape index (κ2) is 6.12. The van der Waals surface area contributed by atoms with Crippen molar-refractivity contribution in [1.82, 2.24) is 5.32 Å². The van der Waals surface area contributed by atoms with Gasteiger partial charge < -0.3 is 10.1 Å². The minimum atomic E-state index is -0.117. The standard InChI is InChI=1S/C14H20FNO/c1-2-16-13(14-8-5-9-17-14)10-11-6-3-4-7-12(11)15/h3-4,6-7,13-14,16H,2,5,8-10H2,1H3. The predicted octanol–water partition coefficient (Wildman–Crippen LogP) is 2.53. The van der Waals surface area contributed by atoms with Gasteiger partial charge in [-0.05, 0) is 37.4 Å². The van der Waals surface area contributed by atoms with E-state index in [2.05, 4.69) is 12.2 Å². The molecule has 1 aliphatic heterocycles. The van der Waals surface area contributed by atoms with Crippen LogP contribution >= 0.6 is 0 Å². The summed E-state index contributed by atoms with van der Waals surface area (Å²) in [6, 6.07) is 7.21. The van der Waals surface area contributed by atoms with Crippen LogP contribution in [-0.4, -0.2) is 25.3 Å². The maximum absolute atomic E-state index is 13.6. The fourth-order valence-electron chi connectivity index (χ4n) is 2.42. The molecule has 0 amide bonds. The second-order valence-corrected chi connectivity index (χ2v) is 4.51. The van der Waals surface area contributed by atoms with Crippen molar-refractivity contribution in [2.24, 2.45) is 0 Å². The molecule has 0 radical (unpaired) electrons.